The zero-order chi connectivity index (χ0) is 15.4. The number of aromatic nitrogens is 2. The lowest BCUT2D eigenvalue weighted by atomic mass is 9.96. The molecule has 0 radical (unpaired) electrons. The van der Waals surface area contributed by atoms with Gasteiger partial charge in [-0.25, -0.2) is 0 Å². The molecule has 0 saturated heterocycles. The average molecular weight is 390 g/mol. The van der Waals surface area contributed by atoms with E-state index in [1.165, 1.54) is 5.56 Å². The minimum Gasteiger partial charge on any atom is -0.271 e. The molecular formula is C16H19BrCl2N2. The van der Waals surface area contributed by atoms with E-state index in [1.54, 1.807) is 0 Å². The van der Waals surface area contributed by atoms with E-state index in [-0.39, 0.29) is 0 Å². The topological polar surface area (TPSA) is 17.8 Å². The minimum atomic E-state index is 0.346. The summed E-state index contributed by atoms with van der Waals surface area (Å²) in [5, 5.41) is 5.27. The standard InChI is InChI=1S/C16H19BrCl2N2/c1-3-14-16(19)15(21(2)20-14)9-12(10-18)7-11-5-4-6-13(17)8-11/h4-6,8,12H,3,7,9-10H2,1-2H3. The second-order valence-corrected chi connectivity index (χ2v) is 6.85. The van der Waals surface area contributed by atoms with Crippen LogP contribution in [0.4, 0.5) is 0 Å². The first-order valence-corrected chi connectivity index (χ1v) is 8.76. The van der Waals surface area contributed by atoms with Crippen LogP contribution in [0.25, 0.3) is 0 Å². The maximum atomic E-state index is 6.43. The molecule has 0 spiro atoms. The Balaban J connectivity index is 2.14. The van der Waals surface area contributed by atoms with Crippen LogP contribution in [0.1, 0.15) is 23.9 Å². The molecule has 0 amide bonds. The normalized spacial score (nSPS) is 12.6. The number of halogens is 3. The Labute approximate surface area is 144 Å². The van der Waals surface area contributed by atoms with Gasteiger partial charge >= 0.3 is 0 Å². The van der Waals surface area contributed by atoms with E-state index in [4.69, 9.17) is 23.2 Å². The van der Waals surface area contributed by atoms with Gasteiger partial charge in [-0.15, -0.1) is 11.6 Å². The number of hydrogen-bond acceptors (Lipinski definition) is 1. The monoisotopic (exact) mass is 388 g/mol. The van der Waals surface area contributed by atoms with E-state index in [1.807, 2.05) is 17.8 Å². The van der Waals surface area contributed by atoms with Gasteiger partial charge in [0, 0.05) is 17.4 Å². The van der Waals surface area contributed by atoms with E-state index < -0.39 is 0 Å². The SMILES string of the molecule is CCc1nn(C)c(CC(CCl)Cc2cccc(Br)c2)c1Cl. The number of aryl methyl sites for hydroxylation is 2. The van der Waals surface area contributed by atoms with Crippen LogP contribution in [0, 0.1) is 5.92 Å². The van der Waals surface area contributed by atoms with E-state index in [0.29, 0.717) is 11.8 Å². The summed E-state index contributed by atoms with van der Waals surface area (Å²) in [6.45, 7) is 2.07. The van der Waals surface area contributed by atoms with Gasteiger partial charge in [-0.3, -0.25) is 4.68 Å². The number of rotatable bonds is 6. The quantitative estimate of drug-likeness (QED) is 0.633. The summed E-state index contributed by atoms with van der Waals surface area (Å²) >= 11 is 16.1. The second kappa shape index (κ2) is 7.66. The van der Waals surface area contributed by atoms with Gasteiger partial charge in [0.25, 0.3) is 0 Å². The summed E-state index contributed by atoms with van der Waals surface area (Å²) in [5.41, 5.74) is 3.32. The Bertz CT molecular complexity index is 610. The van der Waals surface area contributed by atoms with Crippen LogP contribution >= 0.6 is 39.1 Å². The van der Waals surface area contributed by atoms with Crippen molar-refractivity contribution in [1.82, 2.24) is 9.78 Å². The highest BCUT2D eigenvalue weighted by Gasteiger charge is 2.18. The molecule has 2 aromatic rings. The highest BCUT2D eigenvalue weighted by molar-refractivity contribution is 9.10. The predicted molar refractivity (Wildman–Crippen MR) is 93.4 cm³/mol. The van der Waals surface area contributed by atoms with Crippen LogP contribution in [0.3, 0.4) is 0 Å². The Kier molecular flexibility index (Phi) is 6.15. The fraction of sp³-hybridized carbons (Fsp3) is 0.438. The van der Waals surface area contributed by atoms with Gasteiger partial charge in [-0.1, -0.05) is 46.6 Å². The first-order valence-electron chi connectivity index (χ1n) is 7.05. The van der Waals surface area contributed by atoms with E-state index in [0.717, 1.165) is 40.1 Å². The maximum Gasteiger partial charge on any atom is 0.0849 e. The molecule has 2 rings (SSSR count). The molecule has 114 valence electrons. The smallest absolute Gasteiger partial charge is 0.0849 e. The van der Waals surface area contributed by atoms with Gasteiger partial charge in [-0.05, 0) is 42.9 Å². The lowest BCUT2D eigenvalue weighted by Crippen LogP contribution is -2.13. The molecule has 0 aliphatic heterocycles. The third-order valence-electron chi connectivity index (χ3n) is 3.62. The first kappa shape index (κ1) is 16.9. The molecule has 0 aliphatic rings. The third kappa shape index (κ3) is 4.24. The molecule has 1 atom stereocenters. The molecule has 21 heavy (non-hydrogen) atoms. The molecule has 1 aromatic heterocycles. The van der Waals surface area contributed by atoms with Crippen LogP contribution in [-0.4, -0.2) is 15.7 Å². The van der Waals surface area contributed by atoms with Gasteiger partial charge in [0.05, 0.1) is 16.4 Å². The van der Waals surface area contributed by atoms with Crippen molar-refractivity contribution in [3.8, 4) is 0 Å². The van der Waals surface area contributed by atoms with Gasteiger partial charge in [0.1, 0.15) is 0 Å². The molecule has 1 heterocycles. The summed E-state index contributed by atoms with van der Waals surface area (Å²) in [6.07, 6.45) is 2.63. The van der Waals surface area contributed by atoms with Crippen LogP contribution < -0.4 is 0 Å². The summed E-state index contributed by atoms with van der Waals surface area (Å²) in [4.78, 5) is 0. The second-order valence-electron chi connectivity index (χ2n) is 5.24. The number of benzene rings is 1. The van der Waals surface area contributed by atoms with E-state index in [9.17, 15) is 0 Å². The Morgan fingerprint density at radius 1 is 1.33 bits per heavy atom. The largest absolute Gasteiger partial charge is 0.271 e. The van der Waals surface area contributed by atoms with Crippen molar-refractivity contribution in [2.75, 3.05) is 5.88 Å². The van der Waals surface area contributed by atoms with Crippen LogP contribution in [0.15, 0.2) is 28.7 Å². The molecule has 1 aromatic carbocycles. The molecule has 1 unspecified atom stereocenters. The van der Waals surface area contributed by atoms with Crippen molar-refractivity contribution in [2.45, 2.75) is 26.2 Å². The Hall–Kier alpha value is -0.510. The van der Waals surface area contributed by atoms with Crippen molar-refractivity contribution in [3.63, 3.8) is 0 Å². The highest BCUT2D eigenvalue weighted by Crippen LogP contribution is 2.26. The molecule has 0 fully saturated rings. The van der Waals surface area contributed by atoms with E-state index in [2.05, 4.69) is 46.2 Å². The first-order chi connectivity index (χ1) is 10.0. The van der Waals surface area contributed by atoms with Crippen LogP contribution in [0.2, 0.25) is 5.02 Å². The lowest BCUT2D eigenvalue weighted by Gasteiger charge is -2.14. The van der Waals surface area contributed by atoms with Crippen LogP contribution in [-0.2, 0) is 26.3 Å². The van der Waals surface area contributed by atoms with Gasteiger partial charge in [0.15, 0.2) is 0 Å². The van der Waals surface area contributed by atoms with Crippen LogP contribution in [0.5, 0.6) is 0 Å². The number of alkyl halides is 1. The third-order valence-corrected chi connectivity index (χ3v) is 4.98. The lowest BCUT2D eigenvalue weighted by molar-refractivity contribution is 0.551. The molecule has 0 saturated carbocycles. The van der Waals surface area contributed by atoms with Gasteiger partial charge < -0.3 is 0 Å². The molecule has 2 nitrogen and oxygen atoms in total. The summed E-state index contributed by atoms with van der Waals surface area (Å²) in [5.74, 6) is 0.953. The minimum absolute atomic E-state index is 0.346. The molecular weight excluding hydrogens is 371 g/mol. The fourth-order valence-corrected chi connectivity index (χ4v) is 3.53. The molecule has 0 bridgehead atoms. The summed E-state index contributed by atoms with van der Waals surface area (Å²) in [7, 11) is 1.95. The Morgan fingerprint density at radius 3 is 2.67 bits per heavy atom. The number of hydrogen-bond donors (Lipinski definition) is 0. The van der Waals surface area contributed by atoms with E-state index >= 15 is 0 Å². The fourth-order valence-electron chi connectivity index (χ4n) is 2.49. The molecule has 0 N–H and O–H groups in total. The average Bonchev–Trinajstić information content (AvgIpc) is 2.73. The van der Waals surface area contributed by atoms with Crippen molar-refractivity contribution < 1.29 is 0 Å². The van der Waals surface area contributed by atoms with Gasteiger partial charge in [0.2, 0.25) is 0 Å². The summed E-state index contributed by atoms with van der Waals surface area (Å²) in [6, 6.07) is 8.36. The van der Waals surface area contributed by atoms with Gasteiger partial charge in [-0.2, -0.15) is 5.10 Å². The van der Waals surface area contributed by atoms with Crippen molar-refractivity contribution >= 4 is 39.1 Å². The predicted octanol–water partition coefficient (Wildman–Crippen LogP) is 5.04. The molecule has 5 heteroatoms. The number of nitrogens with zero attached hydrogens (tertiary/aromatic N) is 2. The van der Waals surface area contributed by atoms with Crippen molar-refractivity contribution in [3.05, 3.63) is 50.7 Å². The Morgan fingerprint density at radius 2 is 2.10 bits per heavy atom. The zero-order valence-electron chi connectivity index (χ0n) is 12.2. The van der Waals surface area contributed by atoms with Crippen molar-refractivity contribution in [1.29, 1.82) is 0 Å². The maximum absolute atomic E-state index is 6.43. The van der Waals surface area contributed by atoms with Crippen molar-refractivity contribution in [2.24, 2.45) is 13.0 Å². The highest BCUT2D eigenvalue weighted by atomic mass is 79.9. The molecule has 0 aliphatic carbocycles. The summed E-state index contributed by atoms with van der Waals surface area (Å²) < 4.78 is 2.99. The zero-order valence-corrected chi connectivity index (χ0v) is 15.3.